The number of nitrogens with one attached hydrogen (secondary N) is 2. The molecule has 6 nitrogen and oxygen atoms in total. The summed E-state index contributed by atoms with van der Waals surface area (Å²) in [5.74, 6) is 0.773. The van der Waals surface area contributed by atoms with Gasteiger partial charge in [0.25, 0.3) is 0 Å². The van der Waals surface area contributed by atoms with E-state index in [9.17, 15) is 8.42 Å². The normalized spacial score (nSPS) is 11.8. The van der Waals surface area contributed by atoms with Gasteiger partial charge in [-0.25, -0.2) is 13.1 Å². The van der Waals surface area contributed by atoms with Crippen LogP contribution in [-0.2, 0) is 10.0 Å². The van der Waals surface area contributed by atoms with Gasteiger partial charge < -0.3 is 10.2 Å². The maximum Gasteiger partial charge on any atom is 0.240 e. The molecule has 1 rings (SSSR count). The second kappa shape index (κ2) is 11.7. The molecule has 2 N–H and O–H groups in total. The number of unbranched alkanes of at least 4 members (excludes halogenated alkanes) is 1. The molecule has 25 heavy (non-hydrogen) atoms. The van der Waals surface area contributed by atoms with Crippen LogP contribution in [0.4, 0.5) is 0 Å². The first-order chi connectivity index (χ1) is 11.3. The van der Waals surface area contributed by atoms with Gasteiger partial charge in [0.2, 0.25) is 10.0 Å². The van der Waals surface area contributed by atoms with E-state index in [1.807, 2.05) is 31.0 Å². The Balaban J connectivity index is 0.00000576. The Morgan fingerprint density at radius 3 is 2.52 bits per heavy atom. The predicted octanol–water partition coefficient (Wildman–Crippen LogP) is 2.51. The molecule has 0 atom stereocenters. The number of nitrogens with zero attached hydrogens (tertiary/aromatic N) is 2. The van der Waals surface area contributed by atoms with Crippen molar-refractivity contribution in [1.29, 1.82) is 0 Å². The van der Waals surface area contributed by atoms with Crippen molar-refractivity contribution in [3.8, 4) is 0 Å². The maximum absolute atomic E-state index is 12.4. The van der Waals surface area contributed by atoms with Crippen LogP contribution >= 0.6 is 24.0 Å². The SMILES string of the molecule is CCCCN(C)C(=NC)NCCNS(=O)(=O)c1cc(C)ccc1C.I. The van der Waals surface area contributed by atoms with E-state index < -0.39 is 10.0 Å². The molecule has 8 heteroatoms. The zero-order chi connectivity index (χ0) is 18.2. The Morgan fingerprint density at radius 2 is 1.92 bits per heavy atom. The minimum absolute atomic E-state index is 0. The van der Waals surface area contributed by atoms with Crippen LogP contribution in [0.25, 0.3) is 0 Å². The molecule has 144 valence electrons. The molecule has 0 aliphatic heterocycles. The highest BCUT2D eigenvalue weighted by atomic mass is 127. The van der Waals surface area contributed by atoms with Crippen molar-refractivity contribution in [2.45, 2.75) is 38.5 Å². The fourth-order valence-electron chi connectivity index (χ4n) is 2.32. The third kappa shape index (κ3) is 7.91. The van der Waals surface area contributed by atoms with Crippen molar-refractivity contribution in [3.63, 3.8) is 0 Å². The van der Waals surface area contributed by atoms with Crippen molar-refractivity contribution in [3.05, 3.63) is 29.3 Å². The molecule has 0 aliphatic rings. The quantitative estimate of drug-likeness (QED) is 0.259. The van der Waals surface area contributed by atoms with Crippen LogP contribution in [0.5, 0.6) is 0 Å². The van der Waals surface area contributed by atoms with Crippen molar-refractivity contribution >= 4 is 40.0 Å². The fourth-order valence-corrected chi connectivity index (χ4v) is 3.68. The van der Waals surface area contributed by atoms with E-state index in [1.54, 1.807) is 20.0 Å². The topological polar surface area (TPSA) is 73.8 Å². The van der Waals surface area contributed by atoms with Gasteiger partial charge >= 0.3 is 0 Å². The van der Waals surface area contributed by atoms with Gasteiger partial charge in [0, 0.05) is 33.7 Å². The number of aryl methyl sites for hydroxylation is 2. The van der Waals surface area contributed by atoms with Crippen molar-refractivity contribution < 1.29 is 8.42 Å². The van der Waals surface area contributed by atoms with Crippen LogP contribution in [-0.4, -0.2) is 53.0 Å². The van der Waals surface area contributed by atoms with E-state index in [4.69, 9.17) is 0 Å². The lowest BCUT2D eigenvalue weighted by molar-refractivity contribution is 0.465. The van der Waals surface area contributed by atoms with Crippen LogP contribution in [0.1, 0.15) is 30.9 Å². The average molecular weight is 482 g/mol. The molecule has 0 aliphatic carbocycles. The Morgan fingerprint density at radius 1 is 1.24 bits per heavy atom. The van der Waals surface area contributed by atoms with E-state index in [2.05, 4.69) is 22.0 Å². The molecular weight excluding hydrogens is 451 g/mol. The van der Waals surface area contributed by atoms with E-state index in [0.29, 0.717) is 18.0 Å². The fraction of sp³-hybridized carbons (Fsp3) is 0.588. The Hall–Kier alpha value is -0.870. The molecule has 0 amide bonds. The van der Waals surface area contributed by atoms with Crippen LogP contribution in [0.3, 0.4) is 0 Å². The summed E-state index contributed by atoms with van der Waals surface area (Å²) in [4.78, 5) is 6.60. The number of halogens is 1. The molecular formula is C17H31IN4O2S. The van der Waals surface area contributed by atoms with Gasteiger partial charge in [0.05, 0.1) is 4.90 Å². The highest BCUT2D eigenvalue weighted by molar-refractivity contribution is 14.0. The number of rotatable bonds is 8. The Kier molecular flexibility index (Phi) is 11.3. The van der Waals surface area contributed by atoms with Gasteiger partial charge in [-0.2, -0.15) is 0 Å². The lowest BCUT2D eigenvalue weighted by atomic mass is 10.2. The monoisotopic (exact) mass is 482 g/mol. The summed E-state index contributed by atoms with van der Waals surface area (Å²) in [6, 6.07) is 5.43. The maximum atomic E-state index is 12.4. The minimum Gasteiger partial charge on any atom is -0.355 e. The summed E-state index contributed by atoms with van der Waals surface area (Å²) in [5.41, 5.74) is 1.67. The third-order valence-corrected chi connectivity index (χ3v) is 5.36. The van der Waals surface area contributed by atoms with Crippen LogP contribution < -0.4 is 10.0 Å². The number of sulfonamides is 1. The smallest absolute Gasteiger partial charge is 0.240 e. The largest absolute Gasteiger partial charge is 0.355 e. The molecule has 0 fully saturated rings. The summed E-state index contributed by atoms with van der Waals surface area (Å²) in [6.45, 7) is 7.53. The van der Waals surface area contributed by atoms with E-state index in [-0.39, 0.29) is 24.0 Å². The lowest BCUT2D eigenvalue weighted by Crippen LogP contribution is -2.42. The molecule has 1 aromatic carbocycles. The van der Waals surface area contributed by atoms with Gasteiger partial charge in [-0.1, -0.05) is 25.5 Å². The molecule has 0 spiro atoms. The summed E-state index contributed by atoms with van der Waals surface area (Å²) >= 11 is 0. The van der Waals surface area contributed by atoms with E-state index in [0.717, 1.165) is 36.5 Å². The van der Waals surface area contributed by atoms with Crippen molar-refractivity contribution in [2.75, 3.05) is 33.7 Å². The molecule has 1 aromatic rings. The molecule has 0 saturated heterocycles. The van der Waals surface area contributed by atoms with Gasteiger partial charge in [-0.05, 0) is 37.5 Å². The molecule has 0 unspecified atom stereocenters. The van der Waals surface area contributed by atoms with E-state index >= 15 is 0 Å². The second-order valence-electron chi connectivity index (χ2n) is 5.92. The molecule has 0 aromatic heterocycles. The second-order valence-corrected chi connectivity index (χ2v) is 7.65. The zero-order valence-corrected chi connectivity index (χ0v) is 18.9. The summed E-state index contributed by atoms with van der Waals surface area (Å²) in [7, 11) is 0.209. The number of benzene rings is 1. The van der Waals surface area contributed by atoms with Crippen LogP contribution in [0.15, 0.2) is 28.1 Å². The predicted molar refractivity (Wildman–Crippen MR) is 115 cm³/mol. The highest BCUT2D eigenvalue weighted by Crippen LogP contribution is 2.16. The summed E-state index contributed by atoms with van der Waals surface area (Å²) in [6.07, 6.45) is 2.22. The number of hydrogen-bond donors (Lipinski definition) is 2. The molecule has 0 bridgehead atoms. The number of aliphatic imine (C=N–C) groups is 1. The highest BCUT2D eigenvalue weighted by Gasteiger charge is 2.16. The van der Waals surface area contributed by atoms with Gasteiger partial charge in [-0.15, -0.1) is 24.0 Å². The summed E-state index contributed by atoms with van der Waals surface area (Å²) < 4.78 is 27.5. The number of guanidine groups is 1. The Labute approximate surface area is 169 Å². The average Bonchev–Trinajstić information content (AvgIpc) is 2.54. The van der Waals surface area contributed by atoms with Gasteiger partial charge in [0.15, 0.2) is 5.96 Å². The standard InChI is InChI=1S/C17H30N4O2S.HI/c1-6-7-12-21(5)17(18-4)19-10-11-20-24(22,23)16-13-14(2)8-9-15(16)3;/h8-9,13,20H,6-7,10-12H2,1-5H3,(H,18,19);1H. The first kappa shape index (κ1) is 24.1. The first-order valence-corrected chi connectivity index (χ1v) is 9.78. The van der Waals surface area contributed by atoms with E-state index in [1.165, 1.54) is 0 Å². The van der Waals surface area contributed by atoms with Crippen molar-refractivity contribution in [2.24, 2.45) is 4.99 Å². The van der Waals surface area contributed by atoms with Crippen LogP contribution in [0, 0.1) is 13.8 Å². The third-order valence-electron chi connectivity index (χ3n) is 3.75. The molecule has 0 radical (unpaired) electrons. The lowest BCUT2D eigenvalue weighted by Gasteiger charge is -2.21. The van der Waals surface area contributed by atoms with Gasteiger partial charge in [0.1, 0.15) is 0 Å². The number of hydrogen-bond acceptors (Lipinski definition) is 3. The molecule has 0 saturated carbocycles. The van der Waals surface area contributed by atoms with Crippen molar-refractivity contribution in [1.82, 2.24) is 14.9 Å². The van der Waals surface area contributed by atoms with Gasteiger partial charge in [-0.3, -0.25) is 4.99 Å². The molecule has 0 heterocycles. The Bertz CT molecular complexity index is 663. The first-order valence-electron chi connectivity index (χ1n) is 8.30. The summed E-state index contributed by atoms with van der Waals surface area (Å²) in [5, 5.41) is 3.18. The minimum atomic E-state index is -3.50. The zero-order valence-electron chi connectivity index (χ0n) is 15.8. The van der Waals surface area contributed by atoms with Crippen LogP contribution in [0.2, 0.25) is 0 Å².